The van der Waals surface area contributed by atoms with Gasteiger partial charge in [0.1, 0.15) is 0 Å². The molecule has 2 rings (SSSR count). The van der Waals surface area contributed by atoms with Crippen LogP contribution in [-0.2, 0) is 4.74 Å². The van der Waals surface area contributed by atoms with Crippen LogP contribution in [0, 0.1) is 0 Å². The fourth-order valence-electron chi connectivity index (χ4n) is 2.02. The number of benzene rings is 1. The van der Waals surface area contributed by atoms with Crippen LogP contribution < -0.4 is 10.6 Å². The van der Waals surface area contributed by atoms with Gasteiger partial charge in [0, 0.05) is 30.2 Å². The maximum atomic E-state index is 5.66. The van der Waals surface area contributed by atoms with Crippen molar-refractivity contribution < 1.29 is 4.74 Å². The number of nitrogens with one attached hydrogen (secondary N) is 2. The first-order chi connectivity index (χ1) is 8.88. The van der Waals surface area contributed by atoms with E-state index >= 15 is 0 Å². The van der Waals surface area contributed by atoms with E-state index in [1.165, 1.54) is 10.6 Å². The van der Waals surface area contributed by atoms with E-state index in [9.17, 15) is 0 Å². The second-order valence-electron chi connectivity index (χ2n) is 4.37. The smallest absolute Gasteiger partial charge is 0.0716 e. The molecular formula is C14H22N2OS. The molecule has 1 saturated heterocycles. The van der Waals surface area contributed by atoms with Crippen molar-refractivity contribution in [3.63, 3.8) is 0 Å². The monoisotopic (exact) mass is 266 g/mol. The lowest BCUT2D eigenvalue weighted by molar-refractivity contribution is 0.0258. The van der Waals surface area contributed by atoms with Crippen molar-refractivity contribution in [3.8, 4) is 0 Å². The minimum absolute atomic E-state index is 0.362. The zero-order valence-electron chi connectivity index (χ0n) is 10.9. The van der Waals surface area contributed by atoms with Crippen LogP contribution in [0.1, 0.15) is 13.3 Å². The Balaban J connectivity index is 1.69. The van der Waals surface area contributed by atoms with Crippen LogP contribution in [0.4, 0.5) is 5.69 Å². The second-order valence-corrected chi connectivity index (χ2v) is 5.71. The van der Waals surface area contributed by atoms with E-state index < -0.39 is 0 Å². The summed E-state index contributed by atoms with van der Waals surface area (Å²) < 4.78 is 5.66. The number of hydrogen-bond acceptors (Lipinski definition) is 4. The van der Waals surface area contributed by atoms with E-state index in [2.05, 4.69) is 41.8 Å². The molecule has 1 aliphatic rings. The molecule has 0 amide bonds. The highest BCUT2D eigenvalue weighted by Crippen LogP contribution is 2.19. The molecule has 0 radical (unpaired) electrons. The van der Waals surface area contributed by atoms with Gasteiger partial charge in [0.15, 0.2) is 0 Å². The van der Waals surface area contributed by atoms with E-state index in [1.54, 1.807) is 0 Å². The van der Waals surface area contributed by atoms with Crippen molar-refractivity contribution in [2.75, 3.05) is 37.3 Å². The Labute approximate surface area is 114 Å². The van der Waals surface area contributed by atoms with Crippen LogP contribution in [-0.4, -0.2) is 38.1 Å². The van der Waals surface area contributed by atoms with Gasteiger partial charge in [0.25, 0.3) is 0 Å². The minimum Gasteiger partial charge on any atom is -0.385 e. The van der Waals surface area contributed by atoms with Crippen molar-refractivity contribution in [2.24, 2.45) is 0 Å². The van der Waals surface area contributed by atoms with Gasteiger partial charge in [-0.1, -0.05) is 6.92 Å². The van der Waals surface area contributed by atoms with Crippen LogP contribution >= 0.6 is 11.8 Å². The molecule has 0 spiro atoms. The Bertz CT molecular complexity index is 336. The van der Waals surface area contributed by atoms with Crippen molar-refractivity contribution in [3.05, 3.63) is 24.3 Å². The Kier molecular flexibility index (Phi) is 5.84. The summed E-state index contributed by atoms with van der Waals surface area (Å²) in [5.41, 5.74) is 1.19. The molecule has 1 aromatic rings. The largest absolute Gasteiger partial charge is 0.385 e. The molecule has 1 atom stereocenters. The van der Waals surface area contributed by atoms with Gasteiger partial charge in [0.2, 0.25) is 0 Å². The summed E-state index contributed by atoms with van der Waals surface area (Å²) in [6.07, 6.45) is 1.42. The lowest BCUT2D eigenvalue weighted by Crippen LogP contribution is -2.39. The maximum absolute atomic E-state index is 5.66. The van der Waals surface area contributed by atoms with Crippen molar-refractivity contribution in [2.45, 2.75) is 24.3 Å². The van der Waals surface area contributed by atoms with Gasteiger partial charge in [-0.15, -0.1) is 11.8 Å². The van der Waals surface area contributed by atoms with Gasteiger partial charge in [0.05, 0.1) is 12.7 Å². The van der Waals surface area contributed by atoms with Crippen LogP contribution in [0.3, 0.4) is 0 Å². The van der Waals surface area contributed by atoms with Gasteiger partial charge < -0.3 is 15.4 Å². The highest BCUT2D eigenvalue weighted by molar-refractivity contribution is 7.99. The molecule has 1 aliphatic heterocycles. The molecule has 2 N–H and O–H groups in total. The standard InChI is InChI=1S/C14H22N2OS/c1-2-18-14-5-3-12(4-6-14)16-8-7-13-11-15-9-10-17-13/h3-6,13,15-16H,2,7-11H2,1H3. The summed E-state index contributed by atoms with van der Waals surface area (Å²) in [7, 11) is 0. The normalized spacial score (nSPS) is 19.7. The molecule has 100 valence electrons. The van der Waals surface area contributed by atoms with Crippen molar-refractivity contribution >= 4 is 17.4 Å². The van der Waals surface area contributed by atoms with Gasteiger partial charge in [-0.2, -0.15) is 0 Å². The van der Waals surface area contributed by atoms with Gasteiger partial charge >= 0.3 is 0 Å². The maximum Gasteiger partial charge on any atom is 0.0716 e. The summed E-state index contributed by atoms with van der Waals surface area (Å²) in [5, 5.41) is 6.79. The topological polar surface area (TPSA) is 33.3 Å². The van der Waals surface area contributed by atoms with E-state index in [-0.39, 0.29) is 0 Å². The average molecular weight is 266 g/mol. The fourth-order valence-corrected chi connectivity index (χ4v) is 2.68. The zero-order chi connectivity index (χ0) is 12.6. The molecule has 1 heterocycles. The molecule has 1 aromatic carbocycles. The van der Waals surface area contributed by atoms with E-state index in [0.717, 1.165) is 38.4 Å². The van der Waals surface area contributed by atoms with Crippen LogP contribution in [0.15, 0.2) is 29.2 Å². The molecule has 0 saturated carbocycles. The third kappa shape index (κ3) is 4.52. The number of rotatable bonds is 6. The Morgan fingerprint density at radius 3 is 2.89 bits per heavy atom. The number of morpholine rings is 1. The predicted molar refractivity (Wildman–Crippen MR) is 78.6 cm³/mol. The molecule has 3 nitrogen and oxygen atoms in total. The quantitative estimate of drug-likeness (QED) is 0.775. The van der Waals surface area contributed by atoms with Crippen LogP contribution in [0.25, 0.3) is 0 Å². The van der Waals surface area contributed by atoms with Gasteiger partial charge in [-0.05, 0) is 36.4 Å². The number of ether oxygens (including phenoxy) is 1. The minimum atomic E-state index is 0.362. The third-order valence-electron chi connectivity index (χ3n) is 2.97. The Morgan fingerprint density at radius 1 is 1.39 bits per heavy atom. The lowest BCUT2D eigenvalue weighted by Gasteiger charge is -2.23. The summed E-state index contributed by atoms with van der Waals surface area (Å²) in [6, 6.07) is 8.65. The summed E-state index contributed by atoms with van der Waals surface area (Å²) >= 11 is 1.87. The molecule has 1 fully saturated rings. The second kappa shape index (κ2) is 7.67. The fraction of sp³-hybridized carbons (Fsp3) is 0.571. The first-order valence-corrected chi connectivity index (χ1v) is 7.66. The third-order valence-corrected chi connectivity index (χ3v) is 3.86. The molecule has 1 unspecified atom stereocenters. The van der Waals surface area contributed by atoms with Crippen LogP contribution in [0.5, 0.6) is 0 Å². The van der Waals surface area contributed by atoms with Gasteiger partial charge in [-0.25, -0.2) is 0 Å². The highest BCUT2D eigenvalue weighted by Gasteiger charge is 2.12. The summed E-state index contributed by atoms with van der Waals surface area (Å²) in [4.78, 5) is 1.34. The lowest BCUT2D eigenvalue weighted by atomic mass is 10.2. The number of hydrogen-bond donors (Lipinski definition) is 2. The zero-order valence-corrected chi connectivity index (χ0v) is 11.8. The van der Waals surface area contributed by atoms with E-state index in [1.807, 2.05) is 11.8 Å². The molecule has 4 heteroatoms. The molecular weight excluding hydrogens is 244 g/mol. The van der Waals surface area contributed by atoms with Gasteiger partial charge in [-0.3, -0.25) is 0 Å². The highest BCUT2D eigenvalue weighted by atomic mass is 32.2. The SMILES string of the molecule is CCSc1ccc(NCCC2CNCCO2)cc1. The van der Waals surface area contributed by atoms with E-state index in [0.29, 0.717) is 6.10 Å². The predicted octanol–water partition coefficient (Wildman–Crippen LogP) is 2.59. The first-order valence-electron chi connectivity index (χ1n) is 6.67. The summed E-state index contributed by atoms with van der Waals surface area (Å²) in [5.74, 6) is 1.12. The molecule has 18 heavy (non-hydrogen) atoms. The van der Waals surface area contributed by atoms with Crippen LogP contribution in [0.2, 0.25) is 0 Å². The average Bonchev–Trinajstić information content (AvgIpc) is 2.42. The first kappa shape index (κ1) is 13.7. The molecule has 0 aliphatic carbocycles. The number of thioether (sulfide) groups is 1. The Hall–Kier alpha value is -0.710. The summed E-state index contributed by atoms with van der Waals surface area (Å²) in [6.45, 7) is 5.95. The Morgan fingerprint density at radius 2 is 2.22 bits per heavy atom. The molecule has 0 bridgehead atoms. The van der Waals surface area contributed by atoms with Crippen molar-refractivity contribution in [1.82, 2.24) is 5.32 Å². The van der Waals surface area contributed by atoms with Crippen molar-refractivity contribution in [1.29, 1.82) is 0 Å². The molecule has 0 aromatic heterocycles. The number of anilines is 1. The van der Waals surface area contributed by atoms with E-state index in [4.69, 9.17) is 4.74 Å².